The molecule has 0 aliphatic carbocycles. The molecule has 9 nitrogen and oxygen atoms in total. The Morgan fingerprint density at radius 3 is 2.34 bits per heavy atom. The molecule has 172 valence electrons. The Kier molecular flexibility index (Phi) is 8.17. The summed E-state index contributed by atoms with van der Waals surface area (Å²) in [5, 5.41) is 4.31. The topological polar surface area (TPSA) is 122 Å². The molecule has 0 aliphatic heterocycles. The number of hydrogen-bond acceptors (Lipinski definition) is 6. The second kappa shape index (κ2) is 10.4. The van der Waals surface area contributed by atoms with Crippen LogP contribution in [0.5, 0.6) is 0 Å². The maximum Gasteiger partial charge on any atom is 0.340 e. The van der Waals surface area contributed by atoms with Gasteiger partial charge in [0.25, 0.3) is 15.9 Å². The first-order chi connectivity index (χ1) is 14.9. The SMILES string of the molecule is CC(C)NC(=O)NC(=O)COC(=O)c1cc(S(=O)(=O)N(C)c2ccc(F)cc2)ccc1Cl. The summed E-state index contributed by atoms with van der Waals surface area (Å²) in [7, 11) is -2.86. The van der Waals surface area contributed by atoms with Crippen LogP contribution >= 0.6 is 11.6 Å². The molecular weight excluding hydrogens is 465 g/mol. The number of benzene rings is 2. The van der Waals surface area contributed by atoms with Crippen LogP contribution in [-0.4, -0.2) is 46.0 Å². The van der Waals surface area contributed by atoms with Crippen LogP contribution in [-0.2, 0) is 19.6 Å². The fourth-order valence-corrected chi connectivity index (χ4v) is 3.86. The molecule has 3 amide bonds. The molecule has 0 heterocycles. The molecule has 12 heteroatoms. The number of sulfonamides is 1. The molecule has 0 saturated heterocycles. The molecule has 0 aliphatic rings. The maximum absolute atomic E-state index is 13.1. The first-order valence-corrected chi connectivity index (χ1v) is 11.0. The first-order valence-electron chi connectivity index (χ1n) is 9.23. The number of halogens is 2. The van der Waals surface area contributed by atoms with Crippen molar-refractivity contribution >= 4 is 45.2 Å². The Labute approximate surface area is 189 Å². The van der Waals surface area contributed by atoms with Crippen molar-refractivity contribution in [3.05, 3.63) is 58.9 Å². The van der Waals surface area contributed by atoms with Gasteiger partial charge in [-0.2, -0.15) is 0 Å². The van der Waals surface area contributed by atoms with Gasteiger partial charge in [0.05, 0.1) is 21.2 Å². The highest BCUT2D eigenvalue weighted by molar-refractivity contribution is 7.92. The largest absolute Gasteiger partial charge is 0.452 e. The fraction of sp³-hybridized carbons (Fsp3) is 0.250. The van der Waals surface area contributed by atoms with Crippen molar-refractivity contribution in [2.24, 2.45) is 0 Å². The lowest BCUT2D eigenvalue weighted by Crippen LogP contribution is -2.44. The number of hydrogen-bond donors (Lipinski definition) is 2. The number of nitrogens with zero attached hydrogens (tertiary/aromatic N) is 1. The lowest BCUT2D eigenvalue weighted by atomic mass is 10.2. The number of rotatable bonds is 7. The van der Waals surface area contributed by atoms with Crippen LogP contribution < -0.4 is 14.9 Å². The van der Waals surface area contributed by atoms with Crippen molar-refractivity contribution in [3.63, 3.8) is 0 Å². The molecule has 0 unspecified atom stereocenters. The molecule has 0 saturated carbocycles. The Morgan fingerprint density at radius 2 is 1.75 bits per heavy atom. The van der Waals surface area contributed by atoms with Gasteiger partial charge in [0.2, 0.25) is 0 Å². The highest BCUT2D eigenvalue weighted by Crippen LogP contribution is 2.26. The molecule has 32 heavy (non-hydrogen) atoms. The minimum absolute atomic E-state index is 0.101. The number of amides is 3. The van der Waals surface area contributed by atoms with E-state index in [0.29, 0.717) is 0 Å². The third-order valence-corrected chi connectivity index (χ3v) is 6.12. The Balaban J connectivity index is 2.15. The Morgan fingerprint density at radius 1 is 1.12 bits per heavy atom. The predicted molar refractivity (Wildman–Crippen MR) is 116 cm³/mol. The van der Waals surface area contributed by atoms with E-state index in [1.54, 1.807) is 13.8 Å². The summed E-state index contributed by atoms with van der Waals surface area (Å²) in [5.41, 5.74) is -0.0958. The predicted octanol–water partition coefficient (Wildman–Crippen LogP) is 2.70. The smallest absolute Gasteiger partial charge is 0.340 e. The zero-order chi connectivity index (χ0) is 24.1. The first kappa shape index (κ1) is 25.1. The second-order valence-corrected chi connectivity index (χ2v) is 9.22. The van der Waals surface area contributed by atoms with Gasteiger partial charge in [-0.15, -0.1) is 0 Å². The van der Waals surface area contributed by atoms with Gasteiger partial charge >= 0.3 is 12.0 Å². The minimum atomic E-state index is -4.12. The number of ether oxygens (including phenoxy) is 1. The van der Waals surface area contributed by atoms with Crippen molar-refractivity contribution in [3.8, 4) is 0 Å². The minimum Gasteiger partial charge on any atom is -0.452 e. The molecule has 2 rings (SSSR count). The molecule has 0 spiro atoms. The van der Waals surface area contributed by atoms with E-state index in [1.165, 1.54) is 31.3 Å². The summed E-state index contributed by atoms with van der Waals surface area (Å²) in [5.74, 6) is -2.47. The Hall–Kier alpha value is -3.18. The van der Waals surface area contributed by atoms with Gasteiger partial charge in [0.15, 0.2) is 6.61 Å². The van der Waals surface area contributed by atoms with E-state index < -0.39 is 40.4 Å². The van der Waals surface area contributed by atoms with Gasteiger partial charge in [0.1, 0.15) is 5.82 Å². The summed E-state index contributed by atoms with van der Waals surface area (Å²) in [6, 6.07) is 7.22. The quantitative estimate of drug-likeness (QED) is 0.581. The summed E-state index contributed by atoms with van der Waals surface area (Å²) in [6.07, 6.45) is 0. The third-order valence-electron chi connectivity index (χ3n) is 4.01. The Bertz CT molecular complexity index is 1120. The summed E-state index contributed by atoms with van der Waals surface area (Å²) < 4.78 is 44.7. The van der Waals surface area contributed by atoms with Crippen molar-refractivity contribution in [1.82, 2.24) is 10.6 Å². The van der Waals surface area contributed by atoms with Gasteiger partial charge < -0.3 is 10.1 Å². The van der Waals surface area contributed by atoms with Crippen LogP contribution in [0.25, 0.3) is 0 Å². The summed E-state index contributed by atoms with van der Waals surface area (Å²) in [6.45, 7) is 2.61. The highest BCUT2D eigenvalue weighted by Gasteiger charge is 2.24. The molecular formula is C20H21ClFN3O6S. The molecule has 2 aromatic rings. The van der Waals surface area contributed by atoms with Crippen LogP contribution in [0.15, 0.2) is 47.4 Å². The van der Waals surface area contributed by atoms with Crippen molar-refractivity contribution < 1.29 is 31.9 Å². The highest BCUT2D eigenvalue weighted by atomic mass is 35.5. The average molecular weight is 486 g/mol. The number of carbonyl (C=O) groups excluding carboxylic acids is 3. The molecule has 0 aromatic heterocycles. The van der Waals surface area contributed by atoms with Crippen LogP contribution in [0.3, 0.4) is 0 Å². The van der Waals surface area contributed by atoms with Crippen molar-refractivity contribution in [2.45, 2.75) is 24.8 Å². The standard InChI is InChI=1S/C20H21ClFN3O6S/c1-12(2)23-20(28)24-18(26)11-31-19(27)16-10-15(8-9-17(16)21)32(29,30)25(3)14-6-4-13(22)5-7-14/h4-10,12H,11H2,1-3H3,(H2,23,24,26,28). The van der Waals surface area contributed by atoms with Crippen LogP contribution in [0.1, 0.15) is 24.2 Å². The van der Waals surface area contributed by atoms with E-state index in [2.05, 4.69) is 5.32 Å². The molecule has 0 atom stereocenters. The normalized spacial score (nSPS) is 11.1. The van der Waals surface area contributed by atoms with Crippen LogP contribution in [0, 0.1) is 5.82 Å². The zero-order valence-electron chi connectivity index (χ0n) is 17.4. The van der Waals surface area contributed by atoms with Gasteiger partial charge in [0, 0.05) is 13.1 Å². The summed E-state index contributed by atoms with van der Waals surface area (Å²) in [4.78, 5) is 35.3. The molecule has 0 fully saturated rings. The van der Waals surface area contributed by atoms with Crippen molar-refractivity contribution in [2.75, 3.05) is 18.0 Å². The number of carbonyl (C=O) groups is 3. The van der Waals surface area contributed by atoms with E-state index >= 15 is 0 Å². The van der Waals surface area contributed by atoms with E-state index in [4.69, 9.17) is 16.3 Å². The van der Waals surface area contributed by atoms with Crippen molar-refractivity contribution in [1.29, 1.82) is 0 Å². The number of nitrogens with one attached hydrogen (secondary N) is 2. The number of imide groups is 1. The maximum atomic E-state index is 13.1. The zero-order valence-corrected chi connectivity index (χ0v) is 19.0. The lowest BCUT2D eigenvalue weighted by Gasteiger charge is -2.20. The van der Waals surface area contributed by atoms with Gasteiger partial charge in [-0.05, 0) is 56.3 Å². The van der Waals surface area contributed by atoms with E-state index in [1.807, 2.05) is 5.32 Å². The fourth-order valence-electron chi connectivity index (χ4n) is 2.44. The molecule has 2 aromatic carbocycles. The second-order valence-electron chi connectivity index (χ2n) is 6.84. The molecule has 2 N–H and O–H groups in total. The molecule has 0 bridgehead atoms. The lowest BCUT2D eigenvalue weighted by molar-refractivity contribution is -0.123. The third kappa shape index (κ3) is 6.41. The van der Waals surface area contributed by atoms with Gasteiger partial charge in [-0.25, -0.2) is 22.4 Å². The van der Waals surface area contributed by atoms with E-state index in [9.17, 15) is 27.2 Å². The summed E-state index contributed by atoms with van der Waals surface area (Å²) >= 11 is 6.00. The van der Waals surface area contributed by atoms with E-state index in [-0.39, 0.29) is 27.2 Å². The van der Waals surface area contributed by atoms with Crippen LogP contribution in [0.2, 0.25) is 5.02 Å². The van der Waals surface area contributed by atoms with Gasteiger partial charge in [-0.1, -0.05) is 11.6 Å². The monoisotopic (exact) mass is 485 g/mol. The number of urea groups is 1. The van der Waals surface area contributed by atoms with Gasteiger partial charge in [-0.3, -0.25) is 14.4 Å². The van der Waals surface area contributed by atoms with Crippen LogP contribution in [0.4, 0.5) is 14.9 Å². The van der Waals surface area contributed by atoms with E-state index in [0.717, 1.165) is 22.5 Å². The number of anilines is 1. The average Bonchev–Trinajstić information content (AvgIpc) is 2.71. The molecule has 0 radical (unpaired) electrons. The number of esters is 1.